The summed E-state index contributed by atoms with van der Waals surface area (Å²) in [5, 5.41) is 18.0. The number of hydrogen-bond acceptors (Lipinski definition) is 5. The second-order valence-electron chi connectivity index (χ2n) is 4.33. The Morgan fingerprint density at radius 2 is 2.30 bits per heavy atom. The molecule has 3 N–H and O–H groups in total. The Morgan fingerprint density at radius 3 is 2.95 bits per heavy atom. The first-order valence-corrected chi connectivity index (χ1v) is 6.12. The molecule has 2 aromatic rings. The number of aromatic nitrogens is 4. The molecular formula is C12H15N5O3. The van der Waals surface area contributed by atoms with Crippen LogP contribution in [0.3, 0.4) is 0 Å². The summed E-state index contributed by atoms with van der Waals surface area (Å²) in [5.74, 6) is 0.0472. The first-order valence-electron chi connectivity index (χ1n) is 6.12. The van der Waals surface area contributed by atoms with Gasteiger partial charge in [-0.2, -0.15) is 10.1 Å². The van der Waals surface area contributed by atoms with Crippen molar-refractivity contribution in [1.29, 1.82) is 0 Å². The number of nitrogens with one attached hydrogen (secondary N) is 2. The second-order valence-corrected chi connectivity index (χ2v) is 4.33. The largest absolute Gasteiger partial charge is 0.508 e. The number of rotatable bonds is 5. The Bertz CT molecular complexity index is 648. The minimum atomic E-state index is -0.279. The lowest BCUT2D eigenvalue weighted by Crippen LogP contribution is -2.22. The minimum Gasteiger partial charge on any atom is -0.508 e. The zero-order valence-corrected chi connectivity index (χ0v) is 11.0. The highest BCUT2D eigenvalue weighted by molar-refractivity contribution is 5.88. The predicted molar refractivity (Wildman–Crippen MR) is 71.4 cm³/mol. The van der Waals surface area contributed by atoms with E-state index >= 15 is 0 Å². The highest BCUT2D eigenvalue weighted by atomic mass is 16.3. The maximum atomic E-state index is 11.7. The summed E-state index contributed by atoms with van der Waals surface area (Å²) in [6, 6.07) is 2.66. The third-order valence-corrected chi connectivity index (χ3v) is 2.78. The molecule has 2 heterocycles. The number of aromatic hydroxyl groups is 1. The van der Waals surface area contributed by atoms with Crippen LogP contribution in [0.15, 0.2) is 23.3 Å². The molecule has 2 aromatic heterocycles. The van der Waals surface area contributed by atoms with Crippen LogP contribution in [-0.2, 0) is 11.3 Å². The molecular weight excluding hydrogens is 262 g/mol. The van der Waals surface area contributed by atoms with Crippen LogP contribution in [0.4, 0.5) is 5.95 Å². The van der Waals surface area contributed by atoms with Gasteiger partial charge in [-0.25, -0.2) is 5.10 Å². The van der Waals surface area contributed by atoms with Crippen molar-refractivity contribution in [1.82, 2.24) is 19.7 Å². The molecule has 0 aliphatic rings. The van der Waals surface area contributed by atoms with Gasteiger partial charge in [0.05, 0.1) is 0 Å². The van der Waals surface area contributed by atoms with Crippen LogP contribution in [0, 0.1) is 6.92 Å². The highest BCUT2D eigenvalue weighted by Gasteiger charge is 2.06. The van der Waals surface area contributed by atoms with Gasteiger partial charge in [-0.1, -0.05) is 0 Å². The Balaban J connectivity index is 1.87. The standard InChI is InChI=1S/C12H15N5O3/c1-8-5-9(18)6-11(20)17(8)4-2-3-10(19)15-12-13-7-14-16-12/h5-7,18H,2-4H2,1H3,(H2,13,14,15,16,19). The number of carbonyl (C=O) groups excluding carboxylic acids is 1. The van der Waals surface area contributed by atoms with E-state index in [1.807, 2.05) is 0 Å². The van der Waals surface area contributed by atoms with Crippen LogP contribution in [-0.4, -0.2) is 30.8 Å². The van der Waals surface area contributed by atoms with Gasteiger partial charge in [0.2, 0.25) is 11.9 Å². The van der Waals surface area contributed by atoms with Crippen LogP contribution in [0.1, 0.15) is 18.5 Å². The van der Waals surface area contributed by atoms with Crippen molar-refractivity contribution in [3.8, 4) is 5.75 Å². The fourth-order valence-electron chi connectivity index (χ4n) is 1.86. The van der Waals surface area contributed by atoms with Gasteiger partial charge in [0, 0.05) is 24.7 Å². The van der Waals surface area contributed by atoms with Gasteiger partial charge < -0.3 is 9.67 Å². The van der Waals surface area contributed by atoms with E-state index in [1.165, 1.54) is 17.0 Å². The maximum Gasteiger partial charge on any atom is 0.254 e. The molecule has 2 rings (SSSR count). The number of aromatic amines is 1. The Labute approximate surface area is 114 Å². The van der Waals surface area contributed by atoms with Crippen molar-refractivity contribution < 1.29 is 9.90 Å². The number of carbonyl (C=O) groups is 1. The lowest BCUT2D eigenvalue weighted by atomic mass is 10.2. The number of aryl methyl sites for hydroxylation is 1. The van der Waals surface area contributed by atoms with Crippen LogP contribution < -0.4 is 10.9 Å². The number of pyridine rings is 1. The fourth-order valence-corrected chi connectivity index (χ4v) is 1.86. The van der Waals surface area contributed by atoms with Gasteiger partial charge in [-0.3, -0.25) is 14.9 Å². The minimum absolute atomic E-state index is 0.0492. The molecule has 0 aromatic carbocycles. The molecule has 1 amide bonds. The monoisotopic (exact) mass is 277 g/mol. The predicted octanol–water partition coefficient (Wildman–Crippen LogP) is 0.399. The smallest absolute Gasteiger partial charge is 0.254 e. The van der Waals surface area contributed by atoms with Crippen molar-refractivity contribution in [3.05, 3.63) is 34.5 Å². The van der Waals surface area contributed by atoms with E-state index in [2.05, 4.69) is 20.5 Å². The quantitative estimate of drug-likeness (QED) is 0.732. The van der Waals surface area contributed by atoms with Crippen molar-refractivity contribution in [2.75, 3.05) is 5.32 Å². The zero-order valence-electron chi connectivity index (χ0n) is 11.0. The third kappa shape index (κ3) is 3.44. The zero-order chi connectivity index (χ0) is 14.5. The van der Waals surface area contributed by atoms with Gasteiger partial charge >= 0.3 is 0 Å². The molecule has 8 heteroatoms. The van der Waals surface area contributed by atoms with Crippen molar-refractivity contribution >= 4 is 11.9 Å². The van der Waals surface area contributed by atoms with E-state index in [-0.39, 0.29) is 23.6 Å². The summed E-state index contributed by atoms with van der Waals surface area (Å²) in [4.78, 5) is 27.0. The lowest BCUT2D eigenvalue weighted by Gasteiger charge is -2.09. The molecule has 8 nitrogen and oxygen atoms in total. The molecule has 106 valence electrons. The van der Waals surface area contributed by atoms with Crippen LogP contribution >= 0.6 is 0 Å². The number of anilines is 1. The van der Waals surface area contributed by atoms with Crippen LogP contribution in [0.2, 0.25) is 0 Å². The highest BCUT2D eigenvalue weighted by Crippen LogP contribution is 2.08. The first-order chi connectivity index (χ1) is 9.56. The molecule has 0 unspecified atom stereocenters. The van der Waals surface area contributed by atoms with E-state index in [9.17, 15) is 14.7 Å². The summed E-state index contributed by atoms with van der Waals surface area (Å²) in [6.07, 6.45) is 2.06. The fraction of sp³-hybridized carbons (Fsp3) is 0.333. The van der Waals surface area contributed by atoms with Gasteiger partial charge in [-0.15, -0.1) is 0 Å². The summed E-state index contributed by atoms with van der Waals surface area (Å²) in [7, 11) is 0. The summed E-state index contributed by atoms with van der Waals surface area (Å²) in [6.45, 7) is 2.14. The molecule has 0 saturated carbocycles. The molecule has 0 bridgehead atoms. The van der Waals surface area contributed by atoms with E-state index in [1.54, 1.807) is 6.92 Å². The third-order valence-electron chi connectivity index (χ3n) is 2.78. The van der Waals surface area contributed by atoms with Crippen LogP contribution in [0.25, 0.3) is 0 Å². The second kappa shape index (κ2) is 6.00. The van der Waals surface area contributed by atoms with Gasteiger partial charge in [-0.05, 0) is 19.4 Å². The van der Waals surface area contributed by atoms with Crippen molar-refractivity contribution in [2.24, 2.45) is 0 Å². The molecule has 0 aliphatic carbocycles. The summed E-state index contributed by atoms with van der Waals surface area (Å²) >= 11 is 0. The maximum absolute atomic E-state index is 11.7. The molecule has 20 heavy (non-hydrogen) atoms. The van der Waals surface area contributed by atoms with Crippen molar-refractivity contribution in [3.63, 3.8) is 0 Å². The average Bonchev–Trinajstić information content (AvgIpc) is 2.85. The van der Waals surface area contributed by atoms with E-state index in [0.717, 1.165) is 6.07 Å². The first kappa shape index (κ1) is 13.8. The Kier molecular flexibility index (Phi) is 4.14. The van der Waals surface area contributed by atoms with E-state index in [4.69, 9.17) is 0 Å². The molecule has 0 spiro atoms. The van der Waals surface area contributed by atoms with Gasteiger partial charge in [0.1, 0.15) is 12.1 Å². The van der Waals surface area contributed by atoms with Crippen LogP contribution in [0.5, 0.6) is 5.75 Å². The molecule has 0 atom stereocenters. The summed E-state index contributed by atoms with van der Waals surface area (Å²) in [5.41, 5.74) is 0.379. The Hall–Kier alpha value is -2.64. The van der Waals surface area contributed by atoms with E-state index < -0.39 is 0 Å². The number of amides is 1. The molecule has 0 aliphatic heterocycles. The normalized spacial score (nSPS) is 10.4. The van der Waals surface area contributed by atoms with Gasteiger partial charge in [0.25, 0.3) is 5.56 Å². The number of nitrogens with zero attached hydrogens (tertiary/aromatic N) is 3. The average molecular weight is 277 g/mol. The molecule has 0 fully saturated rings. The molecule has 0 saturated heterocycles. The summed E-state index contributed by atoms with van der Waals surface area (Å²) < 4.78 is 1.52. The number of H-pyrrole nitrogens is 1. The Morgan fingerprint density at radius 1 is 1.50 bits per heavy atom. The molecule has 0 radical (unpaired) electrons. The van der Waals surface area contributed by atoms with Gasteiger partial charge in [0.15, 0.2) is 0 Å². The SMILES string of the molecule is Cc1cc(O)cc(=O)n1CCCC(=O)Nc1ncn[nH]1. The lowest BCUT2D eigenvalue weighted by molar-refractivity contribution is -0.116. The van der Waals surface area contributed by atoms with Crippen molar-refractivity contribution in [2.45, 2.75) is 26.3 Å². The van der Waals surface area contributed by atoms with E-state index in [0.29, 0.717) is 24.6 Å². The topological polar surface area (TPSA) is 113 Å². The number of hydrogen-bond donors (Lipinski definition) is 3.